The number of rotatable bonds is 7. The Kier molecular flexibility index (Phi) is 6.01. The molecule has 0 radical (unpaired) electrons. The average molecular weight is 438 g/mol. The highest BCUT2D eigenvalue weighted by Crippen LogP contribution is 2.26. The van der Waals surface area contributed by atoms with Crippen molar-refractivity contribution >= 4 is 44.9 Å². The van der Waals surface area contributed by atoms with Crippen LogP contribution in [0.15, 0.2) is 53.7 Å². The molecule has 1 unspecified atom stereocenters. The number of carbonyl (C=O) groups is 1. The zero-order valence-electron chi connectivity index (χ0n) is 14.9. The summed E-state index contributed by atoms with van der Waals surface area (Å²) in [7, 11) is -3.37. The third-order valence-electron chi connectivity index (χ3n) is 3.62. The fraction of sp³-hybridized carbons (Fsp3) is 0.176. The molecule has 3 rings (SSSR count). The molecule has 1 N–H and O–H groups in total. The van der Waals surface area contributed by atoms with Crippen LogP contribution in [0.4, 0.5) is 5.69 Å². The zero-order chi connectivity index (χ0) is 20.3. The summed E-state index contributed by atoms with van der Waals surface area (Å²) in [6.07, 6.45) is 1.06. The first kappa shape index (κ1) is 20.3. The first-order valence-electron chi connectivity index (χ1n) is 8.06. The van der Waals surface area contributed by atoms with Gasteiger partial charge in [0.1, 0.15) is 0 Å². The van der Waals surface area contributed by atoms with Gasteiger partial charge in [-0.15, -0.1) is 5.10 Å². The molecule has 28 heavy (non-hydrogen) atoms. The maximum Gasteiger partial charge on any atom is 0.229 e. The predicted octanol–water partition coefficient (Wildman–Crippen LogP) is 3.05. The second-order valence-electron chi connectivity index (χ2n) is 5.93. The van der Waals surface area contributed by atoms with Crippen LogP contribution in [0.2, 0.25) is 5.02 Å². The van der Waals surface area contributed by atoms with E-state index in [0.717, 1.165) is 6.26 Å². The van der Waals surface area contributed by atoms with E-state index in [2.05, 4.69) is 20.2 Å². The van der Waals surface area contributed by atoms with E-state index in [1.165, 1.54) is 16.4 Å². The molecule has 0 aliphatic rings. The van der Waals surface area contributed by atoms with Crippen molar-refractivity contribution in [3.05, 3.63) is 59.1 Å². The predicted molar refractivity (Wildman–Crippen MR) is 109 cm³/mol. The molecule has 1 atom stereocenters. The van der Waals surface area contributed by atoms with E-state index < -0.39 is 15.3 Å². The van der Waals surface area contributed by atoms with Crippen molar-refractivity contribution in [1.82, 2.24) is 20.2 Å². The number of Topliss-reactive ketones (excluding diaryl/α,β-unsaturated/α-hetero) is 1. The largest absolute Gasteiger partial charge is 0.293 e. The van der Waals surface area contributed by atoms with Crippen LogP contribution >= 0.6 is 23.4 Å². The number of halogens is 1. The number of nitrogens with one attached hydrogen (secondary N) is 1. The second-order valence-corrected chi connectivity index (χ2v) is 9.42. The van der Waals surface area contributed by atoms with Gasteiger partial charge in [-0.3, -0.25) is 9.52 Å². The van der Waals surface area contributed by atoms with E-state index in [1.807, 2.05) is 6.07 Å². The van der Waals surface area contributed by atoms with E-state index in [4.69, 9.17) is 11.6 Å². The highest BCUT2D eigenvalue weighted by atomic mass is 35.5. The van der Waals surface area contributed by atoms with Crippen molar-refractivity contribution in [3.63, 3.8) is 0 Å². The van der Waals surface area contributed by atoms with Crippen LogP contribution in [0, 0.1) is 0 Å². The lowest BCUT2D eigenvalue weighted by molar-refractivity contribution is 0.0994. The molecule has 0 bridgehead atoms. The molecule has 3 aromatic rings. The molecule has 11 heteroatoms. The molecule has 1 aromatic heterocycles. The second kappa shape index (κ2) is 8.29. The Balaban J connectivity index is 1.74. The molecular formula is C17H16ClN5O3S2. The first-order chi connectivity index (χ1) is 13.2. The minimum atomic E-state index is -3.37. The van der Waals surface area contributed by atoms with Crippen molar-refractivity contribution in [3.8, 4) is 5.69 Å². The molecule has 1 heterocycles. The SMILES string of the molecule is CC(Sc1nnnn1-c1cccc(Cl)c1)C(=O)c1ccc(NS(C)(=O)=O)cc1. The number of thioether (sulfide) groups is 1. The fourth-order valence-electron chi connectivity index (χ4n) is 2.39. The van der Waals surface area contributed by atoms with Crippen molar-refractivity contribution in [2.24, 2.45) is 0 Å². The summed E-state index contributed by atoms with van der Waals surface area (Å²) in [5.74, 6) is -0.128. The van der Waals surface area contributed by atoms with E-state index in [-0.39, 0.29) is 5.78 Å². The van der Waals surface area contributed by atoms with Gasteiger partial charge in [0.25, 0.3) is 0 Å². The molecule has 0 fully saturated rings. The number of sulfonamides is 1. The standard InChI is InChI=1S/C17H16ClN5O3S2/c1-11(16(24)12-6-8-14(9-7-12)20-28(2,25)26)27-17-19-21-22-23(17)15-5-3-4-13(18)10-15/h3-11,20H,1-2H3. The average Bonchev–Trinajstić information content (AvgIpc) is 3.08. The number of hydrogen-bond donors (Lipinski definition) is 1. The Morgan fingerprint density at radius 1 is 1.21 bits per heavy atom. The van der Waals surface area contributed by atoms with Crippen LogP contribution in [0.1, 0.15) is 17.3 Å². The van der Waals surface area contributed by atoms with Gasteiger partial charge in [-0.05, 0) is 59.8 Å². The highest BCUT2D eigenvalue weighted by molar-refractivity contribution is 8.00. The molecule has 0 aliphatic carbocycles. The molecule has 8 nitrogen and oxygen atoms in total. The summed E-state index contributed by atoms with van der Waals surface area (Å²) < 4.78 is 26.4. The number of hydrogen-bond acceptors (Lipinski definition) is 7. The topological polar surface area (TPSA) is 107 Å². The minimum absolute atomic E-state index is 0.128. The van der Waals surface area contributed by atoms with Gasteiger partial charge in [0.2, 0.25) is 15.2 Å². The van der Waals surface area contributed by atoms with Crippen LogP contribution in [0.25, 0.3) is 5.69 Å². The lowest BCUT2D eigenvalue weighted by atomic mass is 10.1. The molecular weight excluding hydrogens is 422 g/mol. The Morgan fingerprint density at radius 3 is 2.57 bits per heavy atom. The van der Waals surface area contributed by atoms with Gasteiger partial charge < -0.3 is 0 Å². The van der Waals surface area contributed by atoms with E-state index in [9.17, 15) is 13.2 Å². The van der Waals surface area contributed by atoms with Crippen LogP contribution < -0.4 is 4.72 Å². The van der Waals surface area contributed by atoms with E-state index in [0.29, 0.717) is 27.1 Å². The third-order valence-corrected chi connectivity index (χ3v) is 5.49. The number of benzene rings is 2. The van der Waals surface area contributed by atoms with E-state index >= 15 is 0 Å². The molecule has 0 saturated carbocycles. The minimum Gasteiger partial charge on any atom is -0.293 e. The lowest BCUT2D eigenvalue weighted by Gasteiger charge is -2.11. The van der Waals surface area contributed by atoms with Crippen LogP contribution in [-0.2, 0) is 10.0 Å². The Bertz CT molecular complexity index is 1100. The fourth-order valence-corrected chi connectivity index (χ4v) is 4.02. The molecule has 146 valence electrons. The van der Waals surface area contributed by atoms with Crippen molar-refractivity contribution in [1.29, 1.82) is 0 Å². The Hall–Kier alpha value is -2.43. The molecule has 0 aliphatic heterocycles. The van der Waals surface area contributed by atoms with Gasteiger partial charge in [0.15, 0.2) is 5.78 Å². The lowest BCUT2D eigenvalue weighted by Crippen LogP contribution is -2.15. The summed E-state index contributed by atoms with van der Waals surface area (Å²) in [6.45, 7) is 1.76. The number of tetrazole rings is 1. The summed E-state index contributed by atoms with van der Waals surface area (Å²) in [4.78, 5) is 12.7. The monoisotopic (exact) mass is 437 g/mol. The van der Waals surface area contributed by atoms with Crippen molar-refractivity contribution < 1.29 is 13.2 Å². The van der Waals surface area contributed by atoms with Crippen LogP contribution in [-0.4, -0.2) is 45.9 Å². The zero-order valence-corrected chi connectivity index (χ0v) is 17.3. The van der Waals surface area contributed by atoms with Gasteiger partial charge in [0, 0.05) is 16.3 Å². The number of anilines is 1. The first-order valence-corrected chi connectivity index (χ1v) is 11.2. The molecule has 0 amide bonds. The van der Waals surface area contributed by atoms with Crippen molar-refractivity contribution in [2.75, 3.05) is 11.0 Å². The normalized spacial score (nSPS) is 12.5. The summed E-state index contributed by atoms with van der Waals surface area (Å²) in [5, 5.41) is 12.2. The quantitative estimate of drug-likeness (QED) is 0.447. The molecule has 0 spiro atoms. The number of carbonyl (C=O) groups excluding carboxylic acids is 1. The van der Waals surface area contributed by atoms with Gasteiger partial charge in [-0.1, -0.05) is 29.4 Å². The Morgan fingerprint density at radius 2 is 1.93 bits per heavy atom. The maximum absolute atomic E-state index is 12.7. The van der Waals surface area contributed by atoms with Gasteiger partial charge in [-0.2, -0.15) is 4.68 Å². The van der Waals surface area contributed by atoms with Gasteiger partial charge in [-0.25, -0.2) is 8.42 Å². The number of aromatic nitrogens is 4. The Labute approximate surface area is 171 Å². The molecule has 2 aromatic carbocycles. The third kappa shape index (κ3) is 5.09. The molecule has 0 saturated heterocycles. The van der Waals surface area contributed by atoms with Crippen molar-refractivity contribution in [2.45, 2.75) is 17.3 Å². The van der Waals surface area contributed by atoms with Crippen LogP contribution in [0.5, 0.6) is 0 Å². The number of nitrogens with zero attached hydrogens (tertiary/aromatic N) is 4. The summed E-state index contributed by atoms with van der Waals surface area (Å²) in [6, 6.07) is 13.3. The van der Waals surface area contributed by atoms with Gasteiger partial charge >= 0.3 is 0 Å². The smallest absolute Gasteiger partial charge is 0.229 e. The van der Waals surface area contributed by atoms with E-state index in [1.54, 1.807) is 49.4 Å². The summed E-state index contributed by atoms with van der Waals surface area (Å²) in [5.41, 5.74) is 1.54. The van der Waals surface area contributed by atoms with Crippen LogP contribution in [0.3, 0.4) is 0 Å². The number of ketones is 1. The van der Waals surface area contributed by atoms with Gasteiger partial charge in [0.05, 0.1) is 17.2 Å². The highest BCUT2D eigenvalue weighted by Gasteiger charge is 2.20. The maximum atomic E-state index is 12.7. The summed E-state index contributed by atoms with van der Waals surface area (Å²) >= 11 is 7.23.